The normalized spacial score (nSPS) is 15.5. The van der Waals surface area contributed by atoms with Crippen LogP contribution in [0, 0.1) is 5.82 Å². The highest BCUT2D eigenvalue weighted by atomic mass is 19.1. The fourth-order valence-corrected chi connectivity index (χ4v) is 2.59. The Bertz CT molecular complexity index is 662. The molecule has 0 aliphatic carbocycles. The number of nitrogens with zero attached hydrogens (tertiary/aromatic N) is 1. The van der Waals surface area contributed by atoms with Crippen molar-refractivity contribution in [3.05, 3.63) is 59.9 Å². The highest BCUT2D eigenvalue weighted by Gasteiger charge is 2.21. The third kappa shape index (κ3) is 3.87. The molecule has 0 unspecified atom stereocenters. The van der Waals surface area contributed by atoms with Crippen LogP contribution in [0.2, 0.25) is 0 Å². The van der Waals surface area contributed by atoms with E-state index < -0.39 is 0 Å². The molecule has 0 aromatic heterocycles. The monoisotopic (exact) mass is 314 g/mol. The van der Waals surface area contributed by atoms with Crippen molar-refractivity contribution in [1.82, 2.24) is 4.90 Å². The number of rotatable bonds is 3. The molecule has 1 amide bonds. The van der Waals surface area contributed by atoms with Crippen molar-refractivity contribution in [2.45, 2.75) is 18.9 Å². The molecule has 1 aliphatic heterocycles. The van der Waals surface area contributed by atoms with Crippen LogP contribution in [0.1, 0.15) is 23.2 Å². The molecular formula is C18H19FN2O2. The van der Waals surface area contributed by atoms with Gasteiger partial charge in [-0.15, -0.1) is 0 Å². The Kier molecular flexibility index (Phi) is 4.57. The van der Waals surface area contributed by atoms with Crippen LogP contribution in [0.5, 0.6) is 11.5 Å². The van der Waals surface area contributed by atoms with Gasteiger partial charge in [0, 0.05) is 24.7 Å². The SMILES string of the molecule is NC1CCN(C(=O)c2ccc(Oc3ccc(F)cc3)cc2)CC1. The second-order valence-corrected chi connectivity index (χ2v) is 5.71. The molecule has 1 aliphatic rings. The number of amides is 1. The van der Waals surface area contributed by atoms with E-state index in [2.05, 4.69) is 0 Å². The second-order valence-electron chi connectivity index (χ2n) is 5.71. The predicted molar refractivity (Wildman–Crippen MR) is 86.0 cm³/mol. The van der Waals surface area contributed by atoms with Crippen molar-refractivity contribution < 1.29 is 13.9 Å². The molecule has 23 heavy (non-hydrogen) atoms. The first-order valence-electron chi connectivity index (χ1n) is 7.70. The minimum Gasteiger partial charge on any atom is -0.457 e. The van der Waals surface area contributed by atoms with Gasteiger partial charge in [-0.2, -0.15) is 0 Å². The summed E-state index contributed by atoms with van der Waals surface area (Å²) in [5.41, 5.74) is 6.49. The summed E-state index contributed by atoms with van der Waals surface area (Å²) in [5, 5.41) is 0. The lowest BCUT2D eigenvalue weighted by atomic mass is 10.0. The molecule has 5 heteroatoms. The fourth-order valence-electron chi connectivity index (χ4n) is 2.59. The number of piperidine rings is 1. The minimum atomic E-state index is -0.306. The van der Waals surface area contributed by atoms with Gasteiger partial charge in [0.05, 0.1) is 0 Å². The lowest BCUT2D eigenvalue weighted by molar-refractivity contribution is 0.0715. The number of hydrogen-bond acceptors (Lipinski definition) is 3. The summed E-state index contributed by atoms with van der Waals surface area (Å²) < 4.78 is 18.5. The summed E-state index contributed by atoms with van der Waals surface area (Å²) in [7, 11) is 0. The van der Waals surface area contributed by atoms with Gasteiger partial charge in [0.15, 0.2) is 0 Å². The van der Waals surface area contributed by atoms with Gasteiger partial charge in [0.25, 0.3) is 5.91 Å². The Morgan fingerprint density at radius 2 is 1.52 bits per heavy atom. The summed E-state index contributed by atoms with van der Waals surface area (Å²) in [5.74, 6) is 0.870. The molecule has 1 heterocycles. The van der Waals surface area contributed by atoms with Gasteiger partial charge in [0.2, 0.25) is 0 Å². The van der Waals surface area contributed by atoms with E-state index in [1.807, 2.05) is 4.90 Å². The number of likely N-dealkylation sites (tertiary alicyclic amines) is 1. The van der Waals surface area contributed by atoms with E-state index in [9.17, 15) is 9.18 Å². The minimum absolute atomic E-state index is 0.0187. The maximum atomic E-state index is 12.9. The molecule has 0 spiro atoms. The average molecular weight is 314 g/mol. The molecule has 1 saturated heterocycles. The third-order valence-corrected chi connectivity index (χ3v) is 3.98. The van der Waals surface area contributed by atoms with Gasteiger partial charge in [-0.05, 0) is 61.4 Å². The van der Waals surface area contributed by atoms with Crippen LogP contribution in [0.15, 0.2) is 48.5 Å². The molecule has 4 nitrogen and oxygen atoms in total. The Balaban J connectivity index is 1.64. The van der Waals surface area contributed by atoms with Crippen molar-refractivity contribution in [1.29, 1.82) is 0 Å². The quantitative estimate of drug-likeness (QED) is 0.946. The van der Waals surface area contributed by atoms with Crippen LogP contribution < -0.4 is 10.5 Å². The van der Waals surface area contributed by atoms with E-state index >= 15 is 0 Å². The first-order chi connectivity index (χ1) is 11.1. The lowest BCUT2D eigenvalue weighted by Gasteiger charge is -2.30. The van der Waals surface area contributed by atoms with Crippen LogP contribution in [-0.2, 0) is 0 Å². The van der Waals surface area contributed by atoms with Crippen LogP contribution in [0.25, 0.3) is 0 Å². The van der Waals surface area contributed by atoms with Gasteiger partial charge in [-0.1, -0.05) is 0 Å². The highest BCUT2D eigenvalue weighted by Crippen LogP contribution is 2.22. The predicted octanol–water partition coefficient (Wildman–Crippen LogP) is 3.18. The first-order valence-corrected chi connectivity index (χ1v) is 7.70. The summed E-state index contributed by atoms with van der Waals surface area (Å²) in [6.45, 7) is 1.40. The van der Waals surface area contributed by atoms with Gasteiger partial charge in [-0.25, -0.2) is 4.39 Å². The molecule has 0 saturated carbocycles. The highest BCUT2D eigenvalue weighted by molar-refractivity contribution is 5.94. The maximum absolute atomic E-state index is 12.9. The van der Waals surface area contributed by atoms with Crippen LogP contribution in [-0.4, -0.2) is 29.9 Å². The van der Waals surface area contributed by atoms with E-state index in [1.165, 1.54) is 12.1 Å². The number of carbonyl (C=O) groups is 1. The molecule has 0 atom stereocenters. The lowest BCUT2D eigenvalue weighted by Crippen LogP contribution is -2.42. The molecule has 3 rings (SSSR count). The van der Waals surface area contributed by atoms with Crippen LogP contribution >= 0.6 is 0 Å². The number of ether oxygens (including phenoxy) is 1. The standard InChI is InChI=1S/C18H19FN2O2/c19-14-3-7-17(8-4-14)23-16-5-1-13(2-6-16)18(22)21-11-9-15(20)10-12-21/h1-8,15H,9-12,20H2. The van der Waals surface area contributed by atoms with Crippen molar-refractivity contribution >= 4 is 5.91 Å². The molecule has 0 bridgehead atoms. The van der Waals surface area contributed by atoms with E-state index in [4.69, 9.17) is 10.5 Å². The zero-order chi connectivity index (χ0) is 16.2. The fraction of sp³-hybridized carbons (Fsp3) is 0.278. The number of nitrogens with two attached hydrogens (primary N) is 1. The second kappa shape index (κ2) is 6.79. The number of hydrogen-bond donors (Lipinski definition) is 1. The van der Waals surface area contributed by atoms with Gasteiger partial charge >= 0.3 is 0 Å². The first kappa shape index (κ1) is 15.5. The number of carbonyl (C=O) groups excluding carboxylic acids is 1. The largest absolute Gasteiger partial charge is 0.457 e. The molecular weight excluding hydrogens is 295 g/mol. The molecule has 0 radical (unpaired) electrons. The molecule has 2 aromatic rings. The topological polar surface area (TPSA) is 55.6 Å². The average Bonchev–Trinajstić information content (AvgIpc) is 2.58. The number of benzene rings is 2. The van der Waals surface area contributed by atoms with Crippen molar-refractivity contribution in [2.75, 3.05) is 13.1 Å². The Labute approximate surface area is 134 Å². The van der Waals surface area contributed by atoms with Gasteiger partial charge in [-0.3, -0.25) is 4.79 Å². The van der Waals surface area contributed by atoms with Gasteiger partial charge < -0.3 is 15.4 Å². The smallest absolute Gasteiger partial charge is 0.253 e. The zero-order valence-corrected chi connectivity index (χ0v) is 12.7. The van der Waals surface area contributed by atoms with E-state index in [1.54, 1.807) is 36.4 Å². The molecule has 1 fully saturated rings. The van der Waals surface area contributed by atoms with Crippen LogP contribution in [0.4, 0.5) is 4.39 Å². The Morgan fingerprint density at radius 1 is 1.00 bits per heavy atom. The maximum Gasteiger partial charge on any atom is 0.253 e. The third-order valence-electron chi connectivity index (χ3n) is 3.98. The van der Waals surface area contributed by atoms with Crippen LogP contribution in [0.3, 0.4) is 0 Å². The summed E-state index contributed by atoms with van der Waals surface area (Å²) >= 11 is 0. The summed E-state index contributed by atoms with van der Waals surface area (Å²) in [6.07, 6.45) is 1.69. The van der Waals surface area contributed by atoms with E-state index in [0.29, 0.717) is 30.2 Å². The van der Waals surface area contributed by atoms with E-state index in [0.717, 1.165) is 12.8 Å². The van der Waals surface area contributed by atoms with E-state index in [-0.39, 0.29) is 17.8 Å². The Morgan fingerprint density at radius 3 is 2.09 bits per heavy atom. The van der Waals surface area contributed by atoms with Gasteiger partial charge in [0.1, 0.15) is 17.3 Å². The zero-order valence-electron chi connectivity index (χ0n) is 12.7. The Hall–Kier alpha value is -2.40. The molecule has 2 N–H and O–H groups in total. The molecule has 120 valence electrons. The summed E-state index contributed by atoms with van der Waals surface area (Å²) in [6, 6.07) is 13.0. The van der Waals surface area contributed by atoms with Crippen molar-refractivity contribution in [3.8, 4) is 11.5 Å². The van der Waals surface area contributed by atoms with Crippen molar-refractivity contribution in [2.24, 2.45) is 5.73 Å². The number of halogens is 1. The van der Waals surface area contributed by atoms with Crippen molar-refractivity contribution in [3.63, 3.8) is 0 Å². The summed E-state index contributed by atoms with van der Waals surface area (Å²) in [4.78, 5) is 14.2. The molecule has 2 aromatic carbocycles.